The molecule has 0 aliphatic rings. The molecule has 0 aromatic rings. The van der Waals surface area contributed by atoms with E-state index in [2.05, 4.69) is 0 Å². The van der Waals surface area contributed by atoms with E-state index in [9.17, 15) is 9.36 Å². The monoisotopic (exact) mass is 235 g/mol. The quantitative estimate of drug-likeness (QED) is 0.367. The van der Waals surface area contributed by atoms with Crippen LogP contribution in [0.2, 0.25) is 0 Å². The van der Waals surface area contributed by atoms with Gasteiger partial charge in [0, 0.05) is 6.61 Å². The van der Waals surface area contributed by atoms with Crippen molar-refractivity contribution in [3.63, 3.8) is 0 Å². The Morgan fingerprint density at radius 2 is 2.00 bits per heavy atom. The Hall–Kier alpha value is -0.470. The molecule has 0 saturated heterocycles. The summed E-state index contributed by atoms with van der Waals surface area (Å²) in [5.74, 6) is -0.549. The van der Waals surface area contributed by atoms with Gasteiger partial charge in [-0.2, -0.15) is 0 Å². The lowest BCUT2D eigenvalue weighted by Crippen LogP contribution is -2.17. The van der Waals surface area contributed by atoms with E-state index in [1.807, 2.05) is 6.92 Å². The van der Waals surface area contributed by atoms with Gasteiger partial charge in [0.05, 0.1) is 19.1 Å². The van der Waals surface area contributed by atoms with Crippen LogP contribution >= 0.6 is 7.80 Å². The number of hydrogen-bond acceptors (Lipinski definition) is 4. The first kappa shape index (κ1) is 14.5. The molecule has 15 heavy (non-hydrogen) atoms. The number of carbonyl (C=O) groups excluding carboxylic acids is 1. The average Bonchev–Trinajstić information content (AvgIpc) is 2.18. The molecule has 0 spiro atoms. The van der Waals surface area contributed by atoms with E-state index in [0.29, 0.717) is 32.1 Å². The van der Waals surface area contributed by atoms with Gasteiger partial charge >= 0.3 is 13.8 Å². The zero-order valence-electron chi connectivity index (χ0n) is 9.69. The summed E-state index contributed by atoms with van der Waals surface area (Å²) in [5.41, 5.74) is 0. The topological polar surface area (TPSA) is 52.6 Å². The van der Waals surface area contributed by atoms with Crippen molar-refractivity contribution in [3.05, 3.63) is 0 Å². The average molecular weight is 235 g/mol. The molecule has 4 nitrogen and oxygen atoms in total. The fraction of sp³-hybridized carbons (Fsp3) is 0.900. The van der Waals surface area contributed by atoms with Gasteiger partial charge in [-0.3, -0.25) is 4.79 Å². The van der Waals surface area contributed by atoms with Gasteiger partial charge in [-0.15, -0.1) is 0 Å². The molecule has 0 amide bonds. The molecule has 0 aliphatic carbocycles. The highest BCUT2D eigenvalue weighted by Gasteiger charge is 2.25. The van der Waals surface area contributed by atoms with E-state index in [1.54, 1.807) is 13.8 Å². The van der Waals surface area contributed by atoms with E-state index < -0.39 is 7.80 Å². The highest BCUT2D eigenvalue weighted by molar-refractivity contribution is 7.44. The molecule has 0 heterocycles. The molecule has 2 unspecified atom stereocenters. The van der Waals surface area contributed by atoms with E-state index in [1.165, 1.54) is 0 Å². The molecule has 0 saturated carbocycles. The van der Waals surface area contributed by atoms with E-state index in [4.69, 9.17) is 9.47 Å². The summed E-state index contributed by atoms with van der Waals surface area (Å²) >= 11 is 0. The molecule has 88 valence electrons. The lowest BCUT2D eigenvalue weighted by molar-refractivity contribution is -0.146. The summed E-state index contributed by atoms with van der Waals surface area (Å²) in [6, 6.07) is 0. The van der Waals surface area contributed by atoms with Crippen molar-refractivity contribution in [2.24, 2.45) is 5.92 Å². The third-order valence-corrected chi connectivity index (χ3v) is 3.49. The van der Waals surface area contributed by atoms with E-state index in [0.717, 1.165) is 0 Å². The highest BCUT2D eigenvalue weighted by Crippen LogP contribution is 2.24. The minimum absolute atomic E-state index is 0.266. The fourth-order valence-corrected chi connectivity index (χ4v) is 2.34. The third-order valence-electron chi connectivity index (χ3n) is 1.86. The molecule has 5 heteroatoms. The summed E-state index contributed by atoms with van der Waals surface area (Å²) in [6.45, 7) is 6.91. The van der Waals surface area contributed by atoms with Crippen LogP contribution in [0.15, 0.2) is 0 Å². The Morgan fingerprint density at radius 1 is 1.33 bits per heavy atom. The largest absolute Gasteiger partial charge is 0.466 e. The minimum Gasteiger partial charge on any atom is -0.466 e. The van der Waals surface area contributed by atoms with Gasteiger partial charge in [-0.1, -0.05) is 4.57 Å². The maximum atomic E-state index is 11.5. The van der Waals surface area contributed by atoms with Gasteiger partial charge in [-0.25, -0.2) is 0 Å². The summed E-state index contributed by atoms with van der Waals surface area (Å²) in [5, 5.41) is 0. The van der Waals surface area contributed by atoms with E-state index in [-0.39, 0.29) is 11.9 Å². The number of ether oxygens (including phenoxy) is 2. The molecule has 0 rings (SSSR count). The van der Waals surface area contributed by atoms with Gasteiger partial charge in [0.15, 0.2) is 12.3 Å². The first-order chi connectivity index (χ1) is 7.11. The Balaban J connectivity index is 3.70. The van der Waals surface area contributed by atoms with Crippen molar-refractivity contribution >= 4 is 13.8 Å². The molecule has 0 aromatic heterocycles. The number of carbonyl (C=O) groups is 1. The van der Waals surface area contributed by atoms with E-state index >= 15 is 0 Å². The normalized spacial score (nSPS) is 13.4. The molecule has 0 radical (unpaired) electrons. The predicted molar refractivity (Wildman–Crippen MR) is 59.6 cm³/mol. The Bertz CT molecular complexity index is 206. The molecule has 0 fully saturated rings. The smallest absolute Gasteiger partial charge is 0.342 e. The van der Waals surface area contributed by atoms with Crippen molar-refractivity contribution in [1.82, 2.24) is 0 Å². The van der Waals surface area contributed by atoms with Crippen LogP contribution in [0.3, 0.4) is 0 Å². The maximum Gasteiger partial charge on any atom is 0.342 e. The zero-order valence-corrected chi connectivity index (χ0v) is 10.6. The second kappa shape index (κ2) is 8.81. The number of hydrogen-bond donors (Lipinski definition) is 0. The van der Waals surface area contributed by atoms with Crippen LogP contribution in [0.1, 0.15) is 20.8 Å². The Kier molecular flexibility index (Phi) is 8.53. The van der Waals surface area contributed by atoms with Gasteiger partial charge in [0.2, 0.25) is 0 Å². The standard InChI is InChI=1S/C10H20O4P/c1-4-13-6-7-15(12)8-9(3)10(11)14-5-2/h9H,4-8H2,1-3H3/q+1. The molecule has 0 aromatic carbocycles. The second-order valence-electron chi connectivity index (χ2n) is 3.24. The molecule has 0 aliphatic heterocycles. The lowest BCUT2D eigenvalue weighted by atomic mass is 10.2. The maximum absolute atomic E-state index is 11.5. The fourth-order valence-electron chi connectivity index (χ4n) is 1.07. The third kappa shape index (κ3) is 7.46. The van der Waals surface area contributed by atoms with Crippen LogP contribution in [-0.4, -0.2) is 38.1 Å². The van der Waals surface area contributed by atoms with Gasteiger partial charge < -0.3 is 9.47 Å². The number of esters is 1. The zero-order chi connectivity index (χ0) is 11.7. The van der Waals surface area contributed by atoms with Crippen LogP contribution in [0.25, 0.3) is 0 Å². The second-order valence-corrected chi connectivity index (χ2v) is 5.01. The predicted octanol–water partition coefficient (Wildman–Crippen LogP) is 2.05. The first-order valence-corrected chi connectivity index (χ1v) is 6.91. The van der Waals surface area contributed by atoms with Gasteiger partial charge in [0.1, 0.15) is 0 Å². The van der Waals surface area contributed by atoms with Crippen LogP contribution in [0.4, 0.5) is 0 Å². The van der Waals surface area contributed by atoms with Crippen LogP contribution in [0.5, 0.6) is 0 Å². The Labute approximate surface area is 92.1 Å². The van der Waals surface area contributed by atoms with Crippen LogP contribution in [-0.2, 0) is 18.8 Å². The molecule has 2 atom stereocenters. The molecule has 0 bridgehead atoms. The Morgan fingerprint density at radius 3 is 2.53 bits per heavy atom. The van der Waals surface area contributed by atoms with Gasteiger partial charge in [-0.05, 0) is 20.8 Å². The number of rotatable bonds is 8. The van der Waals surface area contributed by atoms with Crippen molar-refractivity contribution < 1.29 is 18.8 Å². The summed E-state index contributed by atoms with van der Waals surface area (Å²) < 4.78 is 21.4. The summed E-state index contributed by atoms with van der Waals surface area (Å²) in [4.78, 5) is 11.2. The minimum atomic E-state index is -1.35. The molecular weight excluding hydrogens is 215 g/mol. The van der Waals surface area contributed by atoms with Crippen LogP contribution in [0, 0.1) is 5.92 Å². The van der Waals surface area contributed by atoms with Crippen molar-refractivity contribution in [2.75, 3.05) is 32.1 Å². The molecule has 0 N–H and O–H groups in total. The first-order valence-electron chi connectivity index (χ1n) is 5.28. The van der Waals surface area contributed by atoms with Crippen molar-refractivity contribution in [2.45, 2.75) is 20.8 Å². The summed E-state index contributed by atoms with van der Waals surface area (Å²) in [6.07, 6.45) is 0.911. The van der Waals surface area contributed by atoms with Crippen molar-refractivity contribution in [3.8, 4) is 0 Å². The van der Waals surface area contributed by atoms with Crippen LogP contribution < -0.4 is 0 Å². The molecular formula is C10H20O4P+. The lowest BCUT2D eigenvalue weighted by Gasteiger charge is -2.04. The SMILES string of the molecule is CCOCC[P+](=O)CC(C)C(=O)OCC. The highest BCUT2D eigenvalue weighted by atomic mass is 31.1. The summed E-state index contributed by atoms with van der Waals surface area (Å²) in [7, 11) is -1.35. The van der Waals surface area contributed by atoms with Gasteiger partial charge in [0.25, 0.3) is 0 Å². The van der Waals surface area contributed by atoms with Crippen molar-refractivity contribution in [1.29, 1.82) is 0 Å².